The van der Waals surface area contributed by atoms with E-state index in [1.807, 2.05) is 31.2 Å². The fraction of sp³-hybridized carbons (Fsp3) is 0.217. The zero-order chi connectivity index (χ0) is 19.3. The van der Waals surface area contributed by atoms with Gasteiger partial charge in [-0.15, -0.1) is 0 Å². The summed E-state index contributed by atoms with van der Waals surface area (Å²) in [4.78, 5) is 16.2. The lowest BCUT2D eigenvalue weighted by atomic mass is 10.0. The van der Waals surface area contributed by atoms with Crippen LogP contribution < -0.4 is 14.8 Å². The molecule has 5 nitrogen and oxygen atoms in total. The molecule has 1 aromatic heterocycles. The van der Waals surface area contributed by atoms with Crippen molar-refractivity contribution in [3.05, 3.63) is 77.6 Å². The molecule has 0 saturated heterocycles. The molecule has 0 saturated carbocycles. The van der Waals surface area contributed by atoms with Crippen molar-refractivity contribution in [3.63, 3.8) is 0 Å². The third kappa shape index (κ3) is 4.14. The van der Waals surface area contributed by atoms with Gasteiger partial charge in [0.2, 0.25) is 6.79 Å². The van der Waals surface area contributed by atoms with Crippen molar-refractivity contribution >= 4 is 5.91 Å². The van der Waals surface area contributed by atoms with Gasteiger partial charge < -0.3 is 14.8 Å². The molecule has 0 fully saturated rings. The minimum absolute atomic E-state index is 0.0781. The van der Waals surface area contributed by atoms with E-state index in [1.54, 1.807) is 12.3 Å². The first-order chi connectivity index (χ1) is 13.7. The fourth-order valence-corrected chi connectivity index (χ4v) is 3.14. The number of nitrogens with zero attached hydrogens (tertiary/aromatic N) is 1. The summed E-state index contributed by atoms with van der Waals surface area (Å²) in [5.41, 5.74) is 4.99. The number of pyridine rings is 1. The summed E-state index contributed by atoms with van der Waals surface area (Å²) < 4.78 is 10.8. The van der Waals surface area contributed by atoms with Crippen LogP contribution in [-0.4, -0.2) is 24.2 Å². The minimum Gasteiger partial charge on any atom is -0.454 e. The molecule has 1 aliphatic rings. The Hall–Kier alpha value is -3.34. The third-order valence-electron chi connectivity index (χ3n) is 4.76. The van der Waals surface area contributed by atoms with Crippen LogP contribution in [0.25, 0.3) is 11.1 Å². The number of amides is 1. The Morgan fingerprint density at radius 1 is 1.00 bits per heavy atom. The number of rotatable bonds is 6. The van der Waals surface area contributed by atoms with Crippen LogP contribution in [0.2, 0.25) is 0 Å². The molecule has 3 aromatic rings. The normalized spacial score (nSPS) is 12.0. The topological polar surface area (TPSA) is 60.5 Å². The van der Waals surface area contributed by atoms with Crippen molar-refractivity contribution in [1.82, 2.24) is 10.3 Å². The van der Waals surface area contributed by atoms with E-state index in [0.29, 0.717) is 12.1 Å². The maximum Gasteiger partial charge on any atom is 0.252 e. The molecule has 0 spiro atoms. The Balaban J connectivity index is 1.28. The molecule has 5 heteroatoms. The molecular formula is C23H22N2O3. The molecule has 0 bridgehead atoms. The fourth-order valence-electron chi connectivity index (χ4n) is 3.14. The van der Waals surface area contributed by atoms with Crippen molar-refractivity contribution in [3.8, 4) is 22.6 Å². The molecule has 28 heavy (non-hydrogen) atoms. The lowest BCUT2D eigenvalue weighted by molar-refractivity contribution is 0.0953. The molecule has 142 valence electrons. The number of carbonyl (C=O) groups excluding carboxylic acids is 1. The van der Waals surface area contributed by atoms with Gasteiger partial charge in [-0.1, -0.05) is 30.3 Å². The first-order valence-corrected chi connectivity index (χ1v) is 9.39. The van der Waals surface area contributed by atoms with E-state index in [-0.39, 0.29) is 12.7 Å². The number of benzene rings is 2. The highest BCUT2D eigenvalue weighted by Gasteiger charge is 2.13. The van der Waals surface area contributed by atoms with E-state index >= 15 is 0 Å². The van der Waals surface area contributed by atoms with Gasteiger partial charge in [-0.25, -0.2) is 0 Å². The highest BCUT2D eigenvalue weighted by Crippen LogP contribution is 2.35. The molecule has 0 atom stereocenters. The van der Waals surface area contributed by atoms with E-state index in [9.17, 15) is 4.79 Å². The van der Waals surface area contributed by atoms with Gasteiger partial charge in [0.15, 0.2) is 11.5 Å². The second-order valence-electron chi connectivity index (χ2n) is 6.81. The van der Waals surface area contributed by atoms with Gasteiger partial charge in [0.1, 0.15) is 0 Å². The molecule has 2 aromatic carbocycles. The monoisotopic (exact) mass is 374 g/mol. The Labute approximate surface area is 164 Å². The number of hydrogen-bond donors (Lipinski definition) is 1. The van der Waals surface area contributed by atoms with Gasteiger partial charge in [-0.05, 0) is 60.7 Å². The van der Waals surface area contributed by atoms with E-state index in [2.05, 4.69) is 34.6 Å². The number of aryl methyl sites for hydroxylation is 2. The van der Waals surface area contributed by atoms with Crippen molar-refractivity contribution in [2.75, 3.05) is 13.3 Å². The van der Waals surface area contributed by atoms with Crippen LogP contribution in [0.1, 0.15) is 28.0 Å². The largest absolute Gasteiger partial charge is 0.454 e. The van der Waals surface area contributed by atoms with Gasteiger partial charge >= 0.3 is 0 Å². The Kier molecular flexibility index (Phi) is 5.24. The Morgan fingerprint density at radius 2 is 1.79 bits per heavy atom. The van der Waals surface area contributed by atoms with Crippen LogP contribution in [0.4, 0.5) is 0 Å². The molecule has 0 unspecified atom stereocenters. The number of nitrogens with one attached hydrogen (secondary N) is 1. The average Bonchev–Trinajstić information content (AvgIpc) is 3.20. The zero-order valence-corrected chi connectivity index (χ0v) is 15.8. The highest BCUT2D eigenvalue weighted by molar-refractivity contribution is 5.93. The van der Waals surface area contributed by atoms with Crippen LogP contribution in [0.5, 0.6) is 11.5 Å². The number of fused-ring (bicyclic) bond motifs is 1. The molecular weight excluding hydrogens is 352 g/mol. The lowest BCUT2D eigenvalue weighted by Crippen LogP contribution is -2.24. The van der Waals surface area contributed by atoms with Crippen molar-refractivity contribution in [2.24, 2.45) is 0 Å². The molecule has 0 aliphatic carbocycles. The molecule has 0 radical (unpaired) electrons. The summed E-state index contributed by atoms with van der Waals surface area (Å²) in [5.74, 6) is 1.51. The standard InChI is InChI=1S/C23H22N2O3/c1-16-4-7-20(14-25-16)23(26)24-12-2-3-17-5-8-18(9-6-17)19-10-11-21-22(13-19)28-15-27-21/h4-11,13-14H,2-3,12,15H2,1H3,(H,24,26). The van der Waals surface area contributed by atoms with Gasteiger partial charge in [-0.2, -0.15) is 0 Å². The molecule has 1 N–H and O–H groups in total. The second-order valence-corrected chi connectivity index (χ2v) is 6.81. The van der Waals surface area contributed by atoms with E-state index < -0.39 is 0 Å². The summed E-state index contributed by atoms with van der Waals surface area (Å²) in [6.45, 7) is 2.82. The van der Waals surface area contributed by atoms with Gasteiger partial charge in [0.25, 0.3) is 5.91 Å². The number of carbonyl (C=O) groups is 1. The third-order valence-corrected chi connectivity index (χ3v) is 4.76. The van der Waals surface area contributed by atoms with Crippen LogP contribution in [0.15, 0.2) is 60.8 Å². The maximum atomic E-state index is 12.1. The van der Waals surface area contributed by atoms with Crippen molar-refractivity contribution < 1.29 is 14.3 Å². The van der Waals surface area contributed by atoms with E-state index in [4.69, 9.17) is 9.47 Å². The first-order valence-electron chi connectivity index (χ1n) is 9.39. The SMILES string of the molecule is Cc1ccc(C(=O)NCCCc2ccc(-c3ccc4c(c3)OCO4)cc2)cn1. The summed E-state index contributed by atoms with van der Waals surface area (Å²) >= 11 is 0. The lowest BCUT2D eigenvalue weighted by Gasteiger charge is -2.07. The molecule has 1 amide bonds. The molecule has 1 aliphatic heterocycles. The highest BCUT2D eigenvalue weighted by atomic mass is 16.7. The predicted molar refractivity (Wildman–Crippen MR) is 108 cm³/mol. The van der Waals surface area contributed by atoms with Crippen LogP contribution in [0.3, 0.4) is 0 Å². The van der Waals surface area contributed by atoms with Crippen LogP contribution in [0, 0.1) is 6.92 Å². The van der Waals surface area contributed by atoms with E-state index in [0.717, 1.165) is 41.2 Å². The first kappa shape index (κ1) is 18.0. The number of hydrogen-bond acceptors (Lipinski definition) is 4. The van der Waals surface area contributed by atoms with Gasteiger partial charge in [-0.3, -0.25) is 9.78 Å². The molecule has 2 heterocycles. The second kappa shape index (κ2) is 8.13. The zero-order valence-electron chi connectivity index (χ0n) is 15.8. The minimum atomic E-state index is -0.0781. The quantitative estimate of drug-likeness (QED) is 0.659. The predicted octanol–water partition coefficient (Wildman–Crippen LogP) is 4.15. The van der Waals surface area contributed by atoms with Crippen LogP contribution >= 0.6 is 0 Å². The van der Waals surface area contributed by atoms with E-state index in [1.165, 1.54) is 5.56 Å². The maximum absolute atomic E-state index is 12.1. The summed E-state index contributed by atoms with van der Waals surface area (Å²) in [6, 6.07) is 18.1. The average molecular weight is 374 g/mol. The summed E-state index contributed by atoms with van der Waals surface area (Å²) in [6.07, 6.45) is 3.40. The van der Waals surface area contributed by atoms with Crippen molar-refractivity contribution in [2.45, 2.75) is 19.8 Å². The number of aromatic nitrogens is 1. The number of ether oxygens (including phenoxy) is 2. The summed E-state index contributed by atoms with van der Waals surface area (Å²) in [7, 11) is 0. The molecule has 4 rings (SSSR count). The smallest absolute Gasteiger partial charge is 0.252 e. The Morgan fingerprint density at radius 3 is 2.57 bits per heavy atom. The van der Waals surface area contributed by atoms with Crippen molar-refractivity contribution in [1.29, 1.82) is 0 Å². The summed E-state index contributed by atoms with van der Waals surface area (Å²) in [5, 5.41) is 2.95. The van der Waals surface area contributed by atoms with Gasteiger partial charge in [0.05, 0.1) is 5.56 Å². The Bertz CT molecular complexity index is 966. The van der Waals surface area contributed by atoms with Crippen LogP contribution in [-0.2, 0) is 6.42 Å². The van der Waals surface area contributed by atoms with Gasteiger partial charge in [0, 0.05) is 18.4 Å².